The lowest BCUT2D eigenvalue weighted by atomic mass is 9.90. The third kappa shape index (κ3) is 3.74. The molecule has 0 amide bonds. The Morgan fingerprint density at radius 3 is 2.04 bits per heavy atom. The molecule has 2 saturated heterocycles. The van der Waals surface area contributed by atoms with Gasteiger partial charge in [0.25, 0.3) is 0 Å². The average molecular weight is 352 g/mol. The van der Waals surface area contributed by atoms with Crippen LogP contribution in [-0.4, -0.2) is 31.2 Å². The fourth-order valence-electron chi connectivity index (χ4n) is 3.61. The molecule has 0 radical (unpaired) electrons. The lowest BCUT2D eigenvalue weighted by Crippen LogP contribution is -2.51. The standard InChI is InChI=1S/C22H24O4/c1-2-18-20(23-13-16-9-5-3-6-10-16)19-15-25-22(26-19)21(18)24-14-17-11-7-4-8-12-17/h2-12,18-22H,1,13-15H2. The van der Waals surface area contributed by atoms with Crippen molar-refractivity contribution in [2.24, 2.45) is 5.92 Å². The number of hydrogen-bond donors (Lipinski definition) is 0. The fraction of sp³-hybridized carbons (Fsp3) is 0.364. The first-order valence-electron chi connectivity index (χ1n) is 9.06. The summed E-state index contributed by atoms with van der Waals surface area (Å²) in [6, 6.07) is 20.3. The van der Waals surface area contributed by atoms with Crippen LogP contribution in [0.3, 0.4) is 0 Å². The highest BCUT2D eigenvalue weighted by molar-refractivity contribution is 5.15. The summed E-state index contributed by atoms with van der Waals surface area (Å²) in [6.07, 6.45) is 1.12. The number of rotatable bonds is 7. The quantitative estimate of drug-likeness (QED) is 0.712. The maximum Gasteiger partial charge on any atom is 0.185 e. The summed E-state index contributed by atoms with van der Waals surface area (Å²) in [6.45, 7) is 5.59. The predicted molar refractivity (Wildman–Crippen MR) is 98.3 cm³/mol. The lowest BCUT2D eigenvalue weighted by Gasteiger charge is -2.39. The zero-order valence-electron chi connectivity index (χ0n) is 14.7. The van der Waals surface area contributed by atoms with Gasteiger partial charge in [-0.05, 0) is 11.1 Å². The summed E-state index contributed by atoms with van der Waals surface area (Å²) >= 11 is 0. The van der Waals surface area contributed by atoms with E-state index in [0.717, 1.165) is 11.1 Å². The van der Waals surface area contributed by atoms with Crippen molar-refractivity contribution in [1.29, 1.82) is 0 Å². The van der Waals surface area contributed by atoms with Crippen LogP contribution in [-0.2, 0) is 32.2 Å². The van der Waals surface area contributed by atoms with Gasteiger partial charge in [0.2, 0.25) is 0 Å². The summed E-state index contributed by atoms with van der Waals surface area (Å²) in [4.78, 5) is 0. The van der Waals surface area contributed by atoms with Gasteiger partial charge in [0, 0.05) is 5.92 Å². The average Bonchev–Trinajstić information content (AvgIpc) is 3.13. The molecule has 0 aliphatic carbocycles. The van der Waals surface area contributed by atoms with Crippen molar-refractivity contribution in [3.8, 4) is 0 Å². The van der Waals surface area contributed by atoms with Crippen LogP contribution in [0.4, 0.5) is 0 Å². The topological polar surface area (TPSA) is 36.9 Å². The summed E-state index contributed by atoms with van der Waals surface area (Å²) in [5, 5.41) is 0. The predicted octanol–water partition coefficient (Wildman–Crippen LogP) is 3.71. The van der Waals surface area contributed by atoms with Gasteiger partial charge in [-0.15, -0.1) is 6.58 Å². The van der Waals surface area contributed by atoms with Gasteiger partial charge in [-0.2, -0.15) is 0 Å². The molecule has 136 valence electrons. The van der Waals surface area contributed by atoms with Gasteiger partial charge in [-0.1, -0.05) is 66.7 Å². The third-order valence-electron chi connectivity index (χ3n) is 4.97. The Kier molecular flexibility index (Phi) is 5.46. The van der Waals surface area contributed by atoms with E-state index < -0.39 is 0 Å². The zero-order chi connectivity index (χ0) is 17.8. The van der Waals surface area contributed by atoms with Gasteiger partial charge in [0.1, 0.15) is 12.2 Å². The van der Waals surface area contributed by atoms with Gasteiger partial charge in [-0.25, -0.2) is 0 Å². The van der Waals surface area contributed by atoms with Crippen LogP contribution >= 0.6 is 0 Å². The van der Waals surface area contributed by atoms with Crippen molar-refractivity contribution in [3.05, 3.63) is 84.4 Å². The molecule has 0 N–H and O–H groups in total. The second-order valence-corrected chi connectivity index (χ2v) is 6.71. The number of benzene rings is 2. The van der Waals surface area contributed by atoms with Crippen molar-refractivity contribution in [2.45, 2.75) is 37.8 Å². The second kappa shape index (κ2) is 8.14. The van der Waals surface area contributed by atoms with Gasteiger partial charge in [0.05, 0.1) is 25.9 Å². The van der Waals surface area contributed by atoms with E-state index in [2.05, 4.69) is 18.7 Å². The normalized spacial score (nSPS) is 30.2. The molecule has 2 aromatic rings. The Bertz CT molecular complexity index is 645. The summed E-state index contributed by atoms with van der Waals surface area (Å²) in [5.74, 6) is 0.0219. The van der Waals surface area contributed by atoms with E-state index in [1.807, 2.05) is 54.6 Å². The van der Waals surface area contributed by atoms with E-state index in [-0.39, 0.29) is 30.5 Å². The molecule has 26 heavy (non-hydrogen) atoms. The van der Waals surface area contributed by atoms with E-state index >= 15 is 0 Å². The summed E-state index contributed by atoms with van der Waals surface area (Å²) < 4.78 is 24.2. The van der Waals surface area contributed by atoms with Gasteiger partial charge >= 0.3 is 0 Å². The molecule has 5 unspecified atom stereocenters. The zero-order valence-corrected chi connectivity index (χ0v) is 14.7. The van der Waals surface area contributed by atoms with Gasteiger partial charge in [-0.3, -0.25) is 0 Å². The first kappa shape index (κ1) is 17.4. The van der Waals surface area contributed by atoms with Crippen LogP contribution in [0.5, 0.6) is 0 Å². The highest BCUT2D eigenvalue weighted by atomic mass is 16.8. The van der Waals surface area contributed by atoms with Crippen LogP contribution in [0.25, 0.3) is 0 Å². The molecule has 4 nitrogen and oxygen atoms in total. The fourth-order valence-corrected chi connectivity index (χ4v) is 3.61. The minimum Gasteiger partial charge on any atom is -0.370 e. The molecule has 2 aliphatic heterocycles. The molecule has 0 spiro atoms. The third-order valence-corrected chi connectivity index (χ3v) is 4.97. The van der Waals surface area contributed by atoms with Gasteiger partial charge < -0.3 is 18.9 Å². The molecule has 4 heteroatoms. The molecule has 0 aromatic heterocycles. The van der Waals surface area contributed by atoms with Crippen molar-refractivity contribution in [2.75, 3.05) is 6.61 Å². The van der Waals surface area contributed by atoms with E-state index in [4.69, 9.17) is 18.9 Å². The molecule has 2 bridgehead atoms. The van der Waals surface area contributed by atoms with Crippen molar-refractivity contribution < 1.29 is 18.9 Å². The lowest BCUT2D eigenvalue weighted by molar-refractivity contribution is -0.229. The highest BCUT2D eigenvalue weighted by Crippen LogP contribution is 2.37. The van der Waals surface area contributed by atoms with Crippen molar-refractivity contribution in [1.82, 2.24) is 0 Å². The Morgan fingerprint density at radius 1 is 0.885 bits per heavy atom. The SMILES string of the molecule is C=CC1C(OCc2ccccc2)C2COC(O2)C1OCc1ccccc1. The molecular formula is C22H24O4. The minimum absolute atomic E-state index is 0.0219. The largest absolute Gasteiger partial charge is 0.370 e. The van der Waals surface area contributed by atoms with Crippen LogP contribution in [0.1, 0.15) is 11.1 Å². The molecule has 2 heterocycles. The number of fused-ring (bicyclic) bond motifs is 2. The van der Waals surface area contributed by atoms with E-state index in [1.165, 1.54) is 0 Å². The Balaban J connectivity index is 1.45. The van der Waals surface area contributed by atoms with E-state index in [9.17, 15) is 0 Å². The Labute approximate surface area is 154 Å². The number of ether oxygens (including phenoxy) is 4. The maximum atomic E-state index is 6.23. The second-order valence-electron chi connectivity index (χ2n) is 6.71. The highest BCUT2D eigenvalue weighted by Gasteiger charge is 2.50. The van der Waals surface area contributed by atoms with Crippen molar-refractivity contribution in [3.63, 3.8) is 0 Å². The van der Waals surface area contributed by atoms with E-state index in [0.29, 0.717) is 19.8 Å². The molecule has 2 fully saturated rings. The summed E-state index contributed by atoms with van der Waals surface area (Å²) in [5.41, 5.74) is 2.26. The Morgan fingerprint density at radius 2 is 1.46 bits per heavy atom. The molecule has 2 aliphatic rings. The van der Waals surface area contributed by atoms with Crippen LogP contribution in [0, 0.1) is 5.92 Å². The molecular weight excluding hydrogens is 328 g/mol. The van der Waals surface area contributed by atoms with Crippen LogP contribution in [0.2, 0.25) is 0 Å². The monoisotopic (exact) mass is 352 g/mol. The van der Waals surface area contributed by atoms with Crippen molar-refractivity contribution >= 4 is 0 Å². The molecule has 2 aromatic carbocycles. The van der Waals surface area contributed by atoms with Crippen LogP contribution < -0.4 is 0 Å². The number of hydrogen-bond acceptors (Lipinski definition) is 4. The summed E-state index contributed by atoms with van der Waals surface area (Å²) in [7, 11) is 0. The van der Waals surface area contributed by atoms with E-state index in [1.54, 1.807) is 0 Å². The van der Waals surface area contributed by atoms with Crippen LogP contribution in [0.15, 0.2) is 73.3 Å². The first-order chi connectivity index (χ1) is 12.8. The maximum absolute atomic E-state index is 6.23. The Hall–Kier alpha value is -1.98. The smallest absolute Gasteiger partial charge is 0.185 e. The molecule has 0 saturated carbocycles. The van der Waals surface area contributed by atoms with Gasteiger partial charge in [0.15, 0.2) is 6.29 Å². The minimum atomic E-state index is -0.358. The molecule has 5 atom stereocenters. The molecule has 4 rings (SSSR count). The first-order valence-corrected chi connectivity index (χ1v) is 9.06.